The zero-order chi connectivity index (χ0) is 18.3. The molecule has 130 valence electrons. The van der Waals surface area contributed by atoms with E-state index in [1.54, 1.807) is 6.07 Å². The van der Waals surface area contributed by atoms with Crippen molar-refractivity contribution >= 4 is 22.6 Å². The Bertz CT molecular complexity index is 1170. The highest BCUT2D eigenvalue weighted by molar-refractivity contribution is 6.03. The van der Waals surface area contributed by atoms with Gasteiger partial charge in [0.25, 0.3) is 11.5 Å². The minimum absolute atomic E-state index is 0.166. The molecule has 4 aromatic rings. The van der Waals surface area contributed by atoms with Crippen LogP contribution in [0.15, 0.2) is 47.4 Å². The predicted octanol–water partition coefficient (Wildman–Crippen LogP) is 2.31. The van der Waals surface area contributed by atoms with E-state index < -0.39 is 5.91 Å². The molecule has 8 heteroatoms. The molecule has 0 atom stereocenters. The normalized spacial score (nSPS) is 11.0. The average molecular weight is 348 g/mol. The molecular formula is C18H16N6O2. The summed E-state index contributed by atoms with van der Waals surface area (Å²) < 4.78 is 1.33. The van der Waals surface area contributed by atoms with Crippen LogP contribution in [0.5, 0.6) is 0 Å². The summed E-state index contributed by atoms with van der Waals surface area (Å²) in [5, 5.41) is 13.3. The fourth-order valence-electron chi connectivity index (χ4n) is 2.68. The molecule has 0 unspecified atom stereocenters. The van der Waals surface area contributed by atoms with Gasteiger partial charge >= 0.3 is 0 Å². The van der Waals surface area contributed by atoms with Crippen LogP contribution in [-0.4, -0.2) is 30.9 Å². The number of nitrogens with zero attached hydrogens (tertiary/aromatic N) is 3. The lowest BCUT2D eigenvalue weighted by Crippen LogP contribution is -2.14. The van der Waals surface area contributed by atoms with Gasteiger partial charge in [0, 0.05) is 17.1 Å². The van der Waals surface area contributed by atoms with Gasteiger partial charge in [0.1, 0.15) is 5.69 Å². The molecule has 8 nitrogen and oxygen atoms in total. The van der Waals surface area contributed by atoms with Crippen LogP contribution in [0.2, 0.25) is 0 Å². The summed E-state index contributed by atoms with van der Waals surface area (Å²) in [5.41, 5.74) is 3.58. The Morgan fingerprint density at radius 2 is 1.92 bits per heavy atom. The number of carbonyl (C=O) groups is 1. The molecule has 3 N–H and O–H groups in total. The number of nitrogens with one attached hydrogen (secondary N) is 3. The minimum Gasteiger partial charge on any atom is -0.319 e. The van der Waals surface area contributed by atoms with Crippen molar-refractivity contribution in [2.24, 2.45) is 0 Å². The van der Waals surface area contributed by atoms with Crippen molar-refractivity contribution in [3.8, 4) is 5.69 Å². The molecule has 4 rings (SSSR count). The Labute approximate surface area is 147 Å². The quantitative estimate of drug-likeness (QED) is 0.528. The Hall–Kier alpha value is -3.68. The first-order valence-corrected chi connectivity index (χ1v) is 8.02. The zero-order valence-electron chi connectivity index (χ0n) is 14.2. The smallest absolute Gasteiger partial charge is 0.273 e. The van der Waals surface area contributed by atoms with Gasteiger partial charge < -0.3 is 5.32 Å². The molecule has 0 bridgehead atoms. The molecule has 26 heavy (non-hydrogen) atoms. The number of carbonyl (C=O) groups excluding carboxylic acids is 1. The van der Waals surface area contributed by atoms with Crippen LogP contribution in [0.1, 0.15) is 21.7 Å². The summed E-state index contributed by atoms with van der Waals surface area (Å²) in [7, 11) is 0. The number of aromatic amines is 2. The molecule has 3 aromatic heterocycles. The third-order valence-corrected chi connectivity index (χ3v) is 4.12. The summed E-state index contributed by atoms with van der Waals surface area (Å²) in [6.45, 7) is 3.84. The predicted molar refractivity (Wildman–Crippen MR) is 97.7 cm³/mol. The number of aromatic nitrogens is 5. The molecule has 0 spiro atoms. The van der Waals surface area contributed by atoms with Crippen molar-refractivity contribution < 1.29 is 4.79 Å². The van der Waals surface area contributed by atoms with Crippen LogP contribution in [0, 0.1) is 13.8 Å². The van der Waals surface area contributed by atoms with Crippen molar-refractivity contribution in [3.63, 3.8) is 0 Å². The Morgan fingerprint density at radius 3 is 2.69 bits per heavy atom. The van der Waals surface area contributed by atoms with Gasteiger partial charge in [0.15, 0.2) is 5.65 Å². The highest BCUT2D eigenvalue weighted by Gasteiger charge is 2.13. The number of fused-ring (bicyclic) bond motifs is 1. The van der Waals surface area contributed by atoms with E-state index in [0.717, 1.165) is 16.6 Å². The lowest BCUT2D eigenvalue weighted by molar-refractivity contribution is 0.102. The topological polar surface area (TPSA) is 108 Å². The minimum atomic E-state index is -0.421. The van der Waals surface area contributed by atoms with E-state index in [4.69, 9.17) is 0 Å². The van der Waals surface area contributed by atoms with Crippen molar-refractivity contribution in [2.75, 3.05) is 5.32 Å². The average Bonchev–Trinajstić information content (AvgIpc) is 3.19. The molecule has 0 saturated carbocycles. The molecular weight excluding hydrogens is 332 g/mol. The number of H-pyrrole nitrogens is 2. The van der Waals surface area contributed by atoms with Gasteiger partial charge in [0.2, 0.25) is 0 Å². The molecule has 0 aliphatic rings. The van der Waals surface area contributed by atoms with E-state index in [1.165, 1.54) is 16.9 Å². The molecule has 1 amide bonds. The molecule has 3 heterocycles. The SMILES string of the molecule is Cc1ccc(-n2[nH]c(C(=O)Nc3cnc4n[nH]c(C)c4c3)cc2=O)cc1. The molecule has 0 radical (unpaired) electrons. The maximum absolute atomic E-state index is 12.5. The van der Waals surface area contributed by atoms with E-state index in [-0.39, 0.29) is 11.3 Å². The number of benzene rings is 1. The molecule has 0 aliphatic heterocycles. The Balaban J connectivity index is 1.61. The summed E-state index contributed by atoms with van der Waals surface area (Å²) >= 11 is 0. The molecule has 1 aromatic carbocycles. The number of hydrogen-bond donors (Lipinski definition) is 3. The van der Waals surface area contributed by atoms with Gasteiger partial charge in [0.05, 0.1) is 17.6 Å². The van der Waals surface area contributed by atoms with Gasteiger partial charge in [-0.25, -0.2) is 9.67 Å². The van der Waals surface area contributed by atoms with E-state index >= 15 is 0 Å². The maximum atomic E-state index is 12.5. The number of anilines is 1. The largest absolute Gasteiger partial charge is 0.319 e. The first kappa shape index (κ1) is 15.8. The lowest BCUT2D eigenvalue weighted by atomic mass is 10.2. The molecule has 0 fully saturated rings. The third-order valence-electron chi connectivity index (χ3n) is 4.12. The van der Waals surface area contributed by atoms with Crippen molar-refractivity contribution in [1.29, 1.82) is 0 Å². The summed E-state index contributed by atoms with van der Waals surface area (Å²) in [6.07, 6.45) is 1.52. The second kappa shape index (κ2) is 5.99. The number of aryl methyl sites for hydroxylation is 2. The first-order valence-electron chi connectivity index (χ1n) is 8.02. The molecule has 0 saturated heterocycles. The van der Waals surface area contributed by atoms with E-state index in [0.29, 0.717) is 17.0 Å². The Kier molecular flexibility index (Phi) is 3.65. The van der Waals surface area contributed by atoms with Crippen LogP contribution < -0.4 is 10.9 Å². The number of amides is 1. The number of pyridine rings is 1. The highest BCUT2D eigenvalue weighted by Crippen LogP contribution is 2.18. The van der Waals surface area contributed by atoms with Crippen LogP contribution >= 0.6 is 0 Å². The third kappa shape index (κ3) is 2.77. The van der Waals surface area contributed by atoms with Crippen LogP contribution in [0.3, 0.4) is 0 Å². The van der Waals surface area contributed by atoms with Gasteiger partial charge in [-0.3, -0.25) is 19.8 Å². The number of hydrogen-bond acceptors (Lipinski definition) is 4. The number of rotatable bonds is 3. The highest BCUT2D eigenvalue weighted by atomic mass is 16.2. The second-order valence-corrected chi connectivity index (χ2v) is 6.08. The second-order valence-electron chi connectivity index (χ2n) is 6.08. The maximum Gasteiger partial charge on any atom is 0.273 e. The van der Waals surface area contributed by atoms with Crippen LogP contribution in [0.25, 0.3) is 16.7 Å². The van der Waals surface area contributed by atoms with Crippen LogP contribution in [-0.2, 0) is 0 Å². The first-order chi connectivity index (χ1) is 12.5. The van der Waals surface area contributed by atoms with E-state index in [9.17, 15) is 9.59 Å². The lowest BCUT2D eigenvalue weighted by Gasteiger charge is -2.04. The fraction of sp³-hybridized carbons (Fsp3) is 0.111. The van der Waals surface area contributed by atoms with E-state index in [2.05, 4.69) is 25.6 Å². The zero-order valence-corrected chi connectivity index (χ0v) is 14.2. The summed E-state index contributed by atoms with van der Waals surface area (Å²) in [4.78, 5) is 28.9. The summed E-state index contributed by atoms with van der Waals surface area (Å²) in [5.74, 6) is -0.421. The van der Waals surface area contributed by atoms with Crippen molar-refractivity contribution in [1.82, 2.24) is 25.0 Å². The van der Waals surface area contributed by atoms with Gasteiger partial charge in [-0.05, 0) is 32.0 Å². The van der Waals surface area contributed by atoms with Crippen LogP contribution in [0.4, 0.5) is 5.69 Å². The standard InChI is InChI=1S/C18H16N6O2/c1-10-3-5-13(6-4-10)24-16(25)8-15(23-24)18(26)20-12-7-14-11(2)21-22-17(14)19-9-12/h3-9,23H,1-2H3,(H,20,26)(H,19,21,22). The van der Waals surface area contributed by atoms with Crippen molar-refractivity contribution in [3.05, 3.63) is 69.9 Å². The molecule has 0 aliphatic carbocycles. The van der Waals surface area contributed by atoms with E-state index in [1.807, 2.05) is 38.1 Å². The Morgan fingerprint density at radius 1 is 1.15 bits per heavy atom. The van der Waals surface area contributed by atoms with Gasteiger partial charge in [-0.1, -0.05) is 17.7 Å². The van der Waals surface area contributed by atoms with Gasteiger partial charge in [-0.2, -0.15) is 5.10 Å². The van der Waals surface area contributed by atoms with Gasteiger partial charge in [-0.15, -0.1) is 0 Å². The monoisotopic (exact) mass is 348 g/mol. The summed E-state index contributed by atoms with van der Waals surface area (Å²) in [6, 6.07) is 10.5. The fourth-order valence-corrected chi connectivity index (χ4v) is 2.68. The van der Waals surface area contributed by atoms with Crippen molar-refractivity contribution in [2.45, 2.75) is 13.8 Å².